The van der Waals surface area contributed by atoms with Gasteiger partial charge in [0.25, 0.3) is 0 Å². The van der Waals surface area contributed by atoms with Gasteiger partial charge < -0.3 is 14.6 Å². The molecular weight excluding hydrogens is 615 g/mol. The molecule has 2 fully saturated rings. The molecule has 2 aliphatic carbocycles. The number of carbonyl (C=O) groups is 2. The van der Waals surface area contributed by atoms with E-state index in [-0.39, 0.29) is 36.4 Å². The Hall–Kier alpha value is -3.25. The van der Waals surface area contributed by atoms with Crippen molar-refractivity contribution in [1.82, 2.24) is 0 Å². The Morgan fingerprint density at radius 1 is 0.837 bits per heavy atom. The smallest absolute Gasteiger partial charge is 0.335 e. The molecule has 0 saturated heterocycles. The van der Waals surface area contributed by atoms with Crippen molar-refractivity contribution in [1.29, 1.82) is 0 Å². The Kier molecular flexibility index (Phi) is 15.1. The standard InChI is InChI=1S/C43H59FO5/c1-6-8-9-10-34-17-20-38(24-33(34)7-2)39-21-22-40(41(44)25-39)37-18-15-36(16-19-37)35-13-11-31(12-14-35)23-32(27-48-42(46)29(3)4)28-49-43(47)30(5)26-45/h17,20-22,24-25,31-32,35-37,45H,3,5-16,18-19,23,26-28H2,1-2,4H3. The number of aliphatic hydroxyl groups excluding tert-OH is 1. The maximum absolute atomic E-state index is 15.6. The summed E-state index contributed by atoms with van der Waals surface area (Å²) in [5.74, 6) is 0.858. The van der Waals surface area contributed by atoms with Crippen molar-refractivity contribution >= 4 is 11.9 Å². The van der Waals surface area contributed by atoms with Gasteiger partial charge in [-0.15, -0.1) is 0 Å². The zero-order valence-electron chi connectivity index (χ0n) is 30.2. The van der Waals surface area contributed by atoms with Crippen molar-refractivity contribution in [2.24, 2.45) is 23.7 Å². The molecule has 6 heteroatoms. The minimum Gasteiger partial charge on any atom is -0.462 e. The molecule has 0 heterocycles. The minimum absolute atomic E-state index is 0.0109. The number of aryl methyl sites for hydroxylation is 2. The minimum atomic E-state index is -0.623. The van der Waals surface area contributed by atoms with Gasteiger partial charge in [-0.3, -0.25) is 0 Å². The zero-order valence-corrected chi connectivity index (χ0v) is 30.2. The fraction of sp³-hybridized carbons (Fsp3) is 0.581. The maximum atomic E-state index is 15.6. The predicted octanol–water partition coefficient (Wildman–Crippen LogP) is 10.1. The molecule has 0 bridgehead atoms. The van der Waals surface area contributed by atoms with Crippen LogP contribution in [0.1, 0.15) is 120 Å². The molecule has 5 nitrogen and oxygen atoms in total. The summed E-state index contributed by atoms with van der Waals surface area (Å²) in [7, 11) is 0. The summed E-state index contributed by atoms with van der Waals surface area (Å²) in [5, 5.41) is 9.18. The average Bonchev–Trinajstić information content (AvgIpc) is 3.12. The van der Waals surface area contributed by atoms with Crippen molar-refractivity contribution in [2.75, 3.05) is 19.8 Å². The van der Waals surface area contributed by atoms with Gasteiger partial charge in [-0.1, -0.05) is 83.0 Å². The van der Waals surface area contributed by atoms with Gasteiger partial charge in [-0.05, 0) is 129 Å². The first kappa shape index (κ1) is 38.6. The van der Waals surface area contributed by atoms with Crippen molar-refractivity contribution in [2.45, 2.75) is 117 Å². The van der Waals surface area contributed by atoms with Crippen LogP contribution in [0.25, 0.3) is 11.1 Å². The van der Waals surface area contributed by atoms with Crippen LogP contribution in [0.15, 0.2) is 60.7 Å². The summed E-state index contributed by atoms with van der Waals surface area (Å²) in [6, 6.07) is 12.6. The Balaban J connectivity index is 1.27. The van der Waals surface area contributed by atoms with Gasteiger partial charge in [0.05, 0.1) is 25.4 Å². The highest BCUT2D eigenvalue weighted by Gasteiger charge is 2.33. The van der Waals surface area contributed by atoms with Crippen LogP contribution in [0.5, 0.6) is 0 Å². The van der Waals surface area contributed by atoms with Gasteiger partial charge in [0, 0.05) is 11.5 Å². The SMILES string of the molecule is C=C(C)C(=O)OCC(COC(=O)C(=C)CO)CC1CCC(C2CCC(c3ccc(-c4ccc(CCCCC)c(CC)c4)cc3F)CC2)CC1. The molecule has 49 heavy (non-hydrogen) atoms. The van der Waals surface area contributed by atoms with Gasteiger partial charge in [0.1, 0.15) is 5.82 Å². The zero-order chi connectivity index (χ0) is 35.3. The number of esters is 2. The second-order valence-electron chi connectivity index (χ2n) is 14.8. The van der Waals surface area contributed by atoms with Crippen LogP contribution in [0.3, 0.4) is 0 Å². The Bertz CT molecular complexity index is 1410. The normalized spacial score (nSPS) is 21.5. The molecule has 2 aromatic carbocycles. The lowest BCUT2D eigenvalue weighted by Gasteiger charge is -2.38. The van der Waals surface area contributed by atoms with Gasteiger partial charge in [0.2, 0.25) is 0 Å². The van der Waals surface area contributed by atoms with E-state index >= 15 is 4.39 Å². The lowest BCUT2D eigenvalue weighted by molar-refractivity contribution is -0.144. The lowest BCUT2D eigenvalue weighted by Crippen LogP contribution is -2.28. The molecule has 0 aliphatic heterocycles. The molecule has 1 N–H and O–H groups in total. The summed E-state index contributed by atoms with van der Waals surface area (Å²) in [5.41, 5.74) is 6.10. The molecule has 2 aromatic rings. The second kappa shape index (κ2) is 19.2. The largest absolute Gasteiger partial charge is 0.462 e. The van der Waals surface area contributed by atoms with E-state index in [4.69, 9.17) is 9.47 Å². The highest BCUT2D eigenvalue weighted by atomic mass is 19.1. The number of carbonyl (C=O) groups excluding carboxylic acids is 2. The van der Waals surface area contributed by atoms with Gasteiger partial charge in [-0.25, -0.2) is 14.0 Å². The summed E-state index contributed by atoms with van der Waals surface area (Å²) < 4.78 is 26.4. The van der Waals surface area contributed by atoms with Crippen LogP contribution in [-0.2, 0) is 31.9 Å². The number of aliphatic hydroxyl groups is 1. The first-order chi connectivity index (χ1) is 23.6. The third-order valence-electron chi connectivity index (χ3n) is 11.1. The number of hydrogen-bond acceptors (Lipinski definition) is 5. The van der Waals surface area contributed by atoms with Gasteiger partial charge in [0.15, 0.2) is 0 Å². The number of halogens is 1. The van der Waals surface area contributed by atoms with Gasteiger partial charge in [-0.2, -0.15) is 0 Å². The summed E-state index contributed by atoms with van der Waals surface area (Å²) in [6.45, 7) is 13.1. The summed E-state index contributed by atoms with van der Waals surface area (Å²) >= 11 is 0. The van der Waals surface area contributed by atoms with Crippen LogP contribution < -0.4 is 0 Å². The first-order valence-electron chi connectivity index (χ1n) is 18.8. The fourth-order valence-corrected chi connectivity index (χ4v) is 8.11. The van der Waals surface area contributed by atoms with E-state index in [1.165, 1.54) is 43.2 Å². The van der Waals surface area contributed by atoms with E-state index in [9.17, 15) is 14.7 Å². The fourth-order valence-electron chi connectivity index (χ4n) is 8.11. The highest BCUT2D eigenvalue weighted by molar-refractivity contribution is 5.88. The number of ether oxygens (including phenoxy) is 2. The van der Waals surface area contributed by atoms with E-state index in [0.717, 1.165) is 74.5 Å². The molecular formula is C43H59FO5. The van der Waals surface area contributed by atoms with E-state index < -0.39 is 18.5 Å². The van der Waals surface area contributed by atoms with E-state index in [0.29, 0.717) is 23.3 Å². The highest BCUT2D eigenvalue weighted by Crippen LogP contribution is 2.45. The third kappa shape index (κ3) is 11.1. The Morgan fingerprint density at radius 2 is 1.45 bits per heavy atom. The molecule has 2 saturated carbocycles. The van der Waals surface area contributed by atoms with E-state index in [2.05, 4.69) is 51.3 Å². The predicted molar refractivity (Wildman–Crippen MR) is 196 cm³/mol. The molecule has 0 radical (unpaired) electrons. The Morgan fingerprint density at radius 3 is 2.04 bits per heavy atom. The first-order valence-corrected chi connectivity index (χ1v) is 18.8. The summed E-state index contributed by atoms with van der Waals surface area (Å²) in [6.07, 6.45) is 15.5. The van der Waals surface area contributed by atoms with Crippen molar-refractivity contribution in [3.8, 4) is 11.1 Å². The molecule has 0 aromatic heterocycles. The molecule has 0 amide bonds. The lowest BCUT2D eigenvalue weighted by atomic mass is 9.67. The van der Waals surface area contributed by atoms with Crippen LogP contribution in [0.2, 0.25) is 0 Å². The number of rotatable bonds is 17. The van der Waals surface area contributed by atoms with Gasteiger partial charge >= 0.3 is 11.9 Å². The second-order valence-corrected chi connectivity index (χ2v) is 14.8. The third-order valence-corrected chi connectivity index (χ3v) is 11.1. The van der Waals surface area contributed by atoms with Crippen LogP contribution in [0, 0.1) is 29.5 Å². The van der Waals surface area contributed by atoms with Crippen LogP contribution in [-0.4, -0.2) is 36.9 Å². The molecule has 4 rings (SSSR count). The molecule has 1 unspecified atom stereocenters. The average molecular weight is 675 g/mol. The summed E-state index contributed by atoms with van der Waals surface area (Å²) in [4.78, 5) is 24.1. The monoisotopic (exact) mass is 674 g/mol. The van der Waals surface area contributed by atoms with Crippen molar-refractivity contribution in [3.63, 3.8) is 0 Å². The Labute approximate surface area is 294 Å². The molecule has 0 spiro atoms. The van der Waals surface area contributed by atoms with Crippen LogP contribution in [0.4, 0.5) is 4.39 Å². The molecule has 268 valence electrons. The number of hydrogen-bond donors (Lipinski definition) is 1. The number of unbranched alkanes of at least 4 members (excludes halogenated alkanes) is 2. The topological polar surface area (TPSA) is 72.8 Å². The molecule has 1 atom stereocenters. The van der Waals surface area contributed by atoms with E-state index in [1.807, 2.05) is 6.07 Å². The van der Waals surface area contributed by atoms with Crippen molar-refractivity contribution < 1.29 is 28.6 Å². The van der Waals surface area contributed by atoms with Crippen molar-refractivity contribution in [3.05, 3.63) is 83.2 Å². The molecule has 2 aliphatic rings. The number of benzene rings is 2. The van der Waals surface area contributed by atoms with Crippen LogP contribution >= 0.6 is 0 Å². The van der Waals surface area contributed by atoms with E-state index in [1.54, 1.807) is 13.0 Å². The maximum Gasteiger partial charge on any atom is 0.335 e. The quantitative estimate of drug-likeness (QED) is 0.103.